The van der Waals surface area contributed by atoms with Crippen LogP contribution in [0.2, 0.25) is 0 Å². The lowest BCUT2D eigenvalue weighted by molar-refractivity contribution is -0.139. The molecule has 4 rings (SSSR count). The summed E-state index contributed by atoms with van der Waals surface area (Å²) in [5, 5.41) is 0. The summed E-state index contributed by atoms with van der Waals surface area (Å²) in [7, 11) is 0. The zero-order valence-corrected chi connectivity index (χ0v) is 21.9. The van der Waals surface area contributed by atoms with E-state index in [0.29, 0.717) is 42.8 Å². The van der Waals surface area contributed by atoms with E-state index in [9.17, 15) is 14.4 Å². The van der Waals surface area contributed by atoms with E-state index in [4.69, 9.17) is 4.74 Å². The molecule has 0 radical (unpaired) electrons. The van der Waals surface area contributed by atoms with Crippen molar-refractivity contribution in [1.29, 1.82) is 0 Å². The molecule has 2 aromatic carbocycles. The van der Waals surface area contributed by atoms with E-state index in [2.05, 4.69) is 30.5 Å². The quantitative estimate of drug-likeness (QED) is 0.174. The monoisotopic (exact) mass is 500 g/mol. The molecule has 1 heterocycles. The molecule has 2 aromatic rings. The zero-order valence-electron chi connectivity index (χ0n) is 21.9. The van der Waals surface area contributed by atoms with Crippen LogP contribution in [-0.4, -0.2) is 53.3 Å². The molecule has 1 atom stereocenters. The van der Waals surface area contributed by atoms with Gasteiger partial charge in [0.25, 0.3) is 11.8 Å². The van der Waals surface area contributed by atoms with Crippen LogP contribution in [-0.2, 0) is 27.3 Å². The highest BCUT2D eigenvalue weighted by atomic mass is 16.5. The van der Waals surface area contributed by atoms with E-state index in [1.807, 2.05) is 42.5 Å². The number of hydrogen-bond acceptors (Lipinski definition) is 5. The SMILES string of the molecule is C=C(C)C(=O)OCCN(Cc1ccccc1)C1C=C2C(=O)N(CCCCCC)C(=O)c3cccc(c32)C1. The first-order valence-corrected chi connectivity index (χ1v) is 13.2. The summed E-state index contributed by atoms with van der Waals surface area (Å²) in [5.41, 5.74) is 4.51. The lowest BCUT2D eigenvalue weighted by Crippen LogP contribution is -2.46. The number of carbonyl (C=O) groups excluding carboxylic acids is 3. The fraction of sp³-hybridized carbons (Fsp3) is 0.387. The van der Waals surface area contributed by atoms with Gasteiger partial charge in [-0.1, -0.05) is 81.3 Å². The third-order valence-corrected chi connectivity index (χ3v) is 7.05. The lowest BCUT2D eigenvalue weighted by atomic mass is 9.81. The van der Waals surface area contributed by atoms with Crippen molar-refractivity contribution in [3.05, 3.63) is 89.0 Å². The molecule has 0 bridgehead atoms. The number of esters is 1. The van der Waals surface area contributed by atoms with Crippen molar-refractivity contribution in [1.82, 2.24) is 9.80 Å². The van der Waals surface area contributed by atoms with Crippen molar-refractivity contribution in [2.75, 3.05) is 19.7 Å². The van der Waals surface area contributed by atoms with Gasteiger partial charge in [-0.3, -0.25) is 19.4 Å². The van der Waals surface area contributed by atoms with Crippen LogP contribution in [0.3, 0.4) is 0 Å². The number of carbonyl (C=O) groups is 3. The summed E-state index contributed by atoms with van der Waals surface area (Å²) >= 11 is 0. The zero-order chi connectivity index (χ0) is 26.4. The van der Waals surface area contributed by atoms with Crippen molar-refractivity contribution >= 4 is 23.4 Å². The molecule has 37 heavy (non-hydrogen) atoms. The molecule has 0 saturated carbocycles. The molecule has 0 N–H and O–H groups in total. The molecule has 6 nitrogen and oxygen atoms in total. The first kappa shape index (κ1) is 26.6. The minimum atomic E-state index is -0.406. The number of imide groups is 1. The second-order valence-electron chi connectivity index (χ2n) is 9.89. The van der Waals surface area contributed by atoms with E-state index in [1.165, 1.54) is 4.90 Å². The summed E-state index contributed by atoms with van der Waals surface area (Å²) in [4.78, 5) is 42.5. The summed E-state index contributed by atoms with van der Waals surface area (Å²) in [6.07, 6.45) is 6.68. The summed E-state index contributed by atoms with van der Waals surface area (Å²) in [6.45, 7) is 9.24. The summed E-state index contributed by atoms with van der Waals surface area (Å²) in [5.74, 6) is -0.808. The molecular weight excluding hydrogens is 464 g/mol. The van der Waals surface area contributed by atoms with Crippen molar-refractivity contribution in [3.63, 3.8) is 0 Å². The van der Waals surface area contributed by atoms with Gasteiger partial charge >= 0.3 is 5.97 Å². The maximum Gasteiger partial charge on any atom is 0.333 e. The van der Waals surface area contributed by atoms with E-state index in [1.54, 1.807) is 6.92 Å². The smallest absolute Gasteiger partial charge is 0.333 e. The lowest BCUT2D eigenvalue weighted by Gasteiger charge is -2.37. The Morgan fingerprint density at radius 2 is 1.84 bits per heavy atom. The highest BCUT2D eigenvalue weighted by Gasteiger charge is 2.39. The van der Waals surface area contributed by atoms with Crippen LogP contribution in [0.15, 0.2) is 66.8 Å². The van der Waals surface area contributed by atoms with Gasteiger partial charge in [-0.05, 0) is 37.0 Å². The number of unbranched alkanes of at least 4 members (excludes halogenated alkanes) is 3. The van der Waals surface area contributed by atoms with Crippen molar-refractivity contribution in [3.8, 4) is 0 Å². The van der Waals surface area contributed by atoms with E-state index >= 15 is 0 Å². The number of rotatable bonds is 12. The molecule has 0 aromatic heterocycles. The maximum atomic E-state index is 13.6. The topological polar surface area (TPSA) is 66.9 Å². The maximum absolute atomic E-state index is 13.6. The van der Waals surface area contributed by atoms with Crippen molar-refractivity contribution in [2.24, 2.45) is 0 Å². The van der Waals surface area contributed by atoms with E-state index < -0.39 is 5.97 Å². The molecule has 0 saturated heterocycles. The Bertz CT molecular complexity index is 1200. The molecule has 1 unspecified atom stereocenters. The molecular formula is C31H36N2O4. The van der Waals surface area contributed by atoms with Crippen LogP contribution in [0.25, 0.3) is 5.57 Å². The van der Waals surface area contributed by atoms with Gasteiger partial charge in [-0.2, -0.15) is 0 Å². The normalized spacial score (nSPS) is 16.5. The molecule has 1 aliphatic carbocycles. The van der Waals surface area contributed by atoms with Crippen LogP contribution >= 0.6 is 0 Å². The number of nitrogens with zero attached hydrogens (tertiary/aromatic N) is 2. The first-order valence-electron chi connectivity index (χ1n) is 13.2. The number of ether oxygens (including phenoxy) is 1. The average molecular weight is 501 g/mol. The molecule has 1 aliphatic heterocycles. The van der Waals surface area contributed by atoms with Gasteiger partial charge in [0, 0.05) is 47.9 Å². The molecule has 2 amide bonds. The fourth-order valence-electron chi connectivity index (χ4n) is 5.08. The van der Waals surface area contributed by atoms with Gasteiger partial charge in [-0.15, -0.1) is 0 Å². The fourth-order valence-corrected chi connectivity index (χ4v) is 5.08. The molecule has 6 heteroatoms. The van der Waals surface area contributed by atoms with Gasteiger partial charge in [0.2, 0.25) is 0 Å². The Kier molecular flexibility index (Phi) is 8.72. The Balaban J connectivity index is 1.62. The van der Waals surface area contributed by atoms with E-state index in [-0.39, 0.29) is 24.5 Å². The van der Waals surface area contributed by atoms with Crippen LogP contribution in [0.1, 0.15) is 66.6 Å². The van der Waals surface area contributed by atoms with Gasteiger partial charge in [0.1, 0.15) is 6.61 Å². The van der Waals surface area contributed by atoms with Gasteiger partial charge in [0.15, 0.2) is 0 Å². The number of benzene rings is 2. The van der Waals surface area contributed by atoms with Gasteiger partial charge < -0.3 is 4.74 Å². The van der Waals surface area contributed by atoms with Crippen molar-refractivity contribution in [2.45, 2.75) is 58.5 Å². The standard InChI is InChI=1S/C31H36N2O4/c1-4-5-6-10-16-33-29(34)26-15-11-14-24-19-25(20-27(28(24)26)30(33)35)32(17-18-37-31(36)22(2)3)21-23-12-8-7-9-13-23/h7-9,11-15,20,25H,2,4-6,10,16-19,21H2,1,3H3. The van der Waals surface area contributed by atoms with Gasteiger partial charge in [-0.25, -0.2) is 4.79 Å². The first-order chi connectivity index (χ1) is 17.9. The molecule has 194 valence electrons. The van der Waals surface area contributed by atoms with Crippen molar-refractivity contribution < 1.29 is 19.1 Å². The number of hydrogen-bond donors (Lipinski definition) is 0. The largest absolute Gasteiger partial charge is 0.461 e. The average Bonchev–Trinajstić information content (AvgIpc) is 2.90. The van der Waals surface area contributed by atoms with Gasteiger partial charge in [0.05, 0.1) is 0 Å². The Morgan fingerprint density at radius 1 is 1.05 bits per heavy atom. The van der Waals surface area contributed by atoms with Crippen LogP contribution in [0.5, 0.6) is 0 Å². The minimum Gasteiger partial charge on any atom is -0.461 e. The Hall–Kier alpha value is -3.51. The second-order valence-corrected chi connectivity index (χ2v) is 9.89. The number of amides is 2. The summed E-state index contributed by atoms with van der Waals surface area (Å²) < 4.78 is 5.41. The van der Waals surface area contributed by atoms with E-state index in [0.717, 1.165) is 42.4 Å². The minimum absolute atomic E-state index is 0.0828. The molecule has 2 aliphatic rings. The second kappa shape index (κ2) is 12.2. The predicted octanol–water partition coefficient (Wildman–Crippen LogP) is 5.18. The molecule has 0 spiro atoms. The highest BCUT2D eigenvalue weighted by Crippen LogP contribution is 2.37. The third kappa shape index (κ3) is 6.08. The third-order valence-electron chi connectivity index (χ3n) is 7.05. The Labute approximate surface area is 219 Å². The van der Waals surface area contributed by atoms with Crippen LogP contribution < -0.4 is 0 Å². The van der Waals surface area contributed by atoms with Crippen LogP contribution in [0, 0.1) is 0 Å². The molecule has 0 fully saturated rings. The predicted molar refractivity (Wildman–Crippen MR) is 145 cm³/mol. The Morgan fingerprint density at radius 3 is 2.57 bits per heavy atom. The highest BCUT2D eigenvalue weighted by molar-refractivity contribution is 6.31. The summed E-state index contributed by atoms with van der Waals surface area (Å²) in [6, 6.07) is 15.8. The van der Waals surface area contributed by atoms with Crippen LogP contribution in [0.4, 0.5) is 0 Å².